The zero-order chi connectivity index (χ0) is 16.9. The molecule has 0 radical (unpaired) electrons. The lowest BCUT2D eigenvalue weighted by Crippen LogP contribution is -2.37. The Morgan fingerprint density at radius 2 is 1.70 bits per heavy atom. The van der Waals surface area contributed by atoms with Crippen LogP contribution in [0.5, 0.6) is 11.5 Å². The van der Waals surface area contributed by atoms with Crippen molar-refractivity contribution >= 4 is 15.7 Å². The quantitative estimate of drug-likeness (QED) is 0.882. The van der Waals surface area contributed by atoms with Crippen molar-refractivity contribution in [3.63, 3.8) is 0 Å². The lowest BCUT2D eigenvalue weighted by atomic mass is 10.2. The van der Waals surface area contributed by atoms with E-state index < -0.39 is 21.0 Å². The fraction of sp³-hybridized carbons (Fsp3) is 0.235. The summed E-state index contributed by atoms with van der Waals surface area (Å²) in [5.41, 5.74) is 0.769. The number of hydrogen-bond acceptors (Lipinski definition) is 4. The maximum absolute atomic E-state index is 11.9. The largest absolute Gasteiger partial charge is 0.457 e. The predicted molar refractivity (Wildman–Crippen MR) is 89.1 cm³/mol. The van der Waals surface area contributed by atoms with Gasteiger partial charge in [0.2, 0.25) is 5.91 Å². The van der Waals surface area contributed by atoms with E-state index in [4.69, 9.17) is 4.74 Å². The maximum Gasteiger partial charge on any atom is 0.238 e. The Morgan fingerprint density at radius 3 is 2.35 bits per heavy atom. The first-order chi connectivity index (χ1) is 10.9. The number of ether oxygens (including phenoxy) is 1. The molecule has 1 unspecified atom stereocenters. The van der Waals surface area contributed by atoms with E-state index in [1.54, 1.807) is 6.07 Å². The van der Waals surface area contributed by atoms with Crippen molar-refractivity contribution < 1.29 is 17.9 Å². The van der Waals surface area contributed by atoms with Crippen LogP contribution in [-0.4, -0.2) is 25.8 Å². The molecule has 2 aromatic rings. The second-order valence-corrected chi connectivity index (χ2v) is 7.58. The first-order valence-corrected chi connectivity index (χ1v) is 9.11. The number of carbonyl (C=O) groups excluding carboxylic acids is 1. The van der Waals surface area contributed by atoms with Gasteiger partial charge in [-0.2, -0.15) is 0 Å². The molecular weight excluding hydrogens is 314 g/mol. The summed E-state index contributed by atoms with van der Waals surface area (Å²) in [6.07, 6.45) is 1.05. The van der Waals surface area contributed by atoms with Gasteiger partial charge in [-0.05, 0) is 25.1 Å². The molecular formula is C17H19NO4S. The van der Waals surface area contributed by atoms with Gasteiger partial charge in [-0.25, -0.2) is 8.42 Å². The molecule has 1 atom stereocenters. The second kappa shape index (κ2) is 7.28. The molecule has 2 aromatic carbocycles. The molecule has 122 valence electrons. The van der Waals surface area contributed by atoms with E-state index in [1.165, 1.54) is 6.92 Å². The summed E-state index contributed by atoms with van der Waals surface area (Å²) in [6, 6.07) is 16.6. The first kappa shape index (κ1) is 17.0. The van der Waals surface area contributed by atoms with E-state index in [9.17, 15) is 13.2 Å². The zero-order valence-electron chi connectivity index (χ0n) is 13.0. The average Bonchev–Trinajstić information content (AvgIpc) is 2.53. The number of hydrogen-bond donors (Lipinski definition) is 1. The number of benzene rings is 2. The average molecular weight is 333 g/mol. The number of rotatable bonds is 6. The van der Waals surface area contributed by atoms with Gasteiger partial charge in [0.15, 0.2) is 9.84 Å². The minimum absolute atomic E-state index is 0.196. The van der Waals surface area contributed by atoms with Crippen molar-refractivity contribution in [1.82, 2.24) is 5.32 Å². The summed E-state index contributed by atoms with van der Waals surface area (Å²) < 4.78 is 28.6. The topological polar surface area (TPSA) is 72.5 Å². The molecule has 6 heteroatoms. The highest BCUT2D eigenvalue weighted by Gasteiger charge is 2.23. The van der Waals surface area contributed by atoms with Crippen LogP contribution in [0.25, 0.3) is 0 Å². The fourth-order valence-corrected chi connectivity index (χ4v) is 2.36. The van der Waals surface area contributed by atoms with E-state index in [1.807, 2.05) is 48.5 Å². The highest BCUT2D eigenvalue weighted by Crippen LogP contribution is 2.24. The first-order valence-electron chi connectivity index (χ1n) is 7.15. The number of para-hydroxylation sites is 2. The van der Waals surface area contributed by atoms with Crippen LogP contribution in [0.3, 0.4) is 0 Å². The van der Waals surface area contributed by atoms with Crippen molar-refractivity contribution in [1.29, 1.82) is 0 Å². The van der Waals surface area contributed by atoms with Crippen LogP contribution in [0.1, 0.15) is 12.5 Å². The van der Waals surface area contributed by atoms with Crippen LogP contribution in [0, 0.1) is 0 Å². The van der Waals surface area contributed by atoms with Gasteiger partial charge in [-0.1, -0.05) is 36.4 Å². The van der Waals surface area contributed by atoms with Gasteiger partial charge >= 0.3 is 0 Å². The minimum Gasteiger partial charge on any atom is -0.457 e. The maximum atomic E-state index is 11.9. The summed E-state index contributed by atoms with van der Waals surface area (Å²) in [5.74, 6) is 0.781. The van der Waals surface area contributed by atoms with Crippen LogP contribution in [0.2, 0.25) is 0 Å². The van der Waals surface area contributed by atoms with Gasteiger partial charge in [0, 0.05) is 18.4 Å². The SMILES string of the molecule is CC(C(=O)NCc1ccccc1Oc1ccccc1)S(C)(=O)=O. The van der Waals surface area contributed by atoms with E-state index in [0.29, 0.717) is 11.5 Å². The van der Waals surface area contributed by atoms with Crippen LogP contribution < -0.4 is 10.1 Å². The highest BCUT2D eigenvalue weighted by atomic mass is 32.2. The molecule has 0 aliphatic carbocycles. The Hall–Kier alpha value is -2.34. The van der Waals surface area contributed by atoms with Crippen molar-refractivity contribution in [2.45, 2.75) is 18.7 Å². The molecule has 0 saturated carbocycles. The van der Waals surface area contributed by atoms with Crippen LogP contribution in [0.4, 0.5) is 0 Å². The lowest BCUT2D eigenvalue weighted by Gasteiger charge is -2.13. The van der Waals surface area contributed by atoms with E-state index in [-0.39, 0.29) is 6.54 Å². The molecule has 2 rings (SSSR count). The fourth-order valence-electron chi connectivity index (χ4n) is 1.89. The zero-order valence-corrected chi connectivity index (χ0v) is 13.8. The summed E-state index contributed by atoms with van der Waals surface area (Å²) in [4.78, 5) is 11.9. The molecule has 0 aliphatic heterocycles. The van der Waals surface area contributed by atoms with E-state index >= 15 is 0 Å². The third kappa shape index (κ3) is 4.82. The molecule has 0 bridgehead atoms. The normalized spacial score (nSPS) is 12.4. The van der Waals surface area contributed by atoms with Gasteiger partial charge in [0.1, 0.15) is 16.7 Å². The smallest absolute Gasteiger partial charge is 0.238 e. The third-order valence-corrected chi connectivity index (χ3v) is 4.91. The number of amides is 1. The number of nitrogens with one attached hydrogen (secondary N) is 1. The standard InChI is InChI=1S/C17H19NO4S/c1-13(23(2,20)21)17(19)18-12-14-8-6-7-11-16(14)22-15-9-4-3-5-10-15/h3-11,13H,12H2,1-2H3,(H,18,19). The van der Waals surface area contributed by atoms with Gasteiger partial charge in [0.25, 0.3) is 0 Å². The van der Waals surface area contributed by atoms with Crippen LogP contribution in [0.15, 0.2) is 54.6 Å². The van der Waals surface area contributed by atoms with Crippen molar-refractivity contribution in [2.24, 2.45) is 0 Å². The molecule has 0 fully saturated rings. The minimum atomic E-state index is -3.41. The summed E-state index contributed by atoms with van der Waals surface area (Å²) in [6.45, 7) is 1.57. The molecule has 0 spiro atoms. The van der Waals surface area contributed by atoms with Crippen molar-refractivity contribution in [3.8, 4) is 11.5 Å². The van der Waals surface area contributed by atoms with Crippen LogP contribution >= 0.6 is 0 Å². The summed E-state index contributed by atoms with van der Waals surface area (Å²) in [7, 11) is -3.41. The van der Waals surface area contributed by atoms with Crippen molar-refractivity contribution in [3.05, 3.63) is 60.2 Å². The molecule has 0 aromatic heterocycles. The van der Waals surface area contributed by atoms with E-state index in [2.05, 4.69) is 5.32 Å². The summed E-state index contributed by atoms with van der Waals surface area (Å²) in [5, 5.41) is 1.55. The third-order valence-electron chi connectivity index (χ3n) is 3.41. The monoisotopic (exact) mass is 333 g/mol. The molecule has 5 nitrogen and oxygen atoms in total. The predicted octanol–water partition coefficient (Wildman–Crippen LogP) is 2.53. The Balaban J connectivity index is 2.08. The Labute approximate surface area is 136 Å². The van der Waals surface area contributed by atoms with Crippen LogP contribution in [-0.2, 0) is 21.2 Å². The molecule has 0 aliphatic rings. The number of sulfone groups is 1. The Bertz CT molecular complexity index is 772. The number of carbonyl (C=O) groups is 1. The molecule has 0 saturated heterocycles. The Kier molecular flexibility index (Phi) is 5.39. The molecule has 1 N–H and O–H groups in total. The van der Waals surface area contributed by atoms with Gasteiger partial charge in [-0.3, -0.25) is 4.79 Å². The lowest BCUT2D eigenvalue weighted by molar-refractivity contribution is -0.120. The van der Waals surface area contributed by atoms with E-state index in [0.717, 1.165) is 11.8 Å². The summed E-state index contributed by atoms with van der Waals surface area (Å²) >= 11 is 0. The highest BCUT2D eigenvalue weighted by molar-refractivity contribution is 7.92. The molecule has 0 heterocycles. The van der Waals surface area contributed by atoms with Gasteiger partial charge in [0.05, 0.1) is 0 Å². The van der Waals surface area contributed by atoms with Gasteiger partial charge in [-0.15, -0.1) is 0 Å². The molecule has 23 heavy (non-hydrogen) atoms. The Morgan fingerprint density at radius 1 is 1.09 bits per heavy atom. The molecule has 1 amide bonds. The van der Waals surface area contributed by atoms with Crippen molar-refractivity contribution in [2.75, 3.05) is 6.26 Å². The van der Waals surface area contributed by atoms with Gasteiger partial charge < -0.3 is 10.1 Å². The second-order valence-electron chi connectivity index (χ2n) is 5.21.